The highest BCUT2D eigenvalue weighted by Crippen LogP contribution is 2.27. The largest absolute Gasteiger partial charge is 0.477 e. The first-order chi connectivity index (χ1) is 9.08. The number of aromatic carboxylic acids is 1. The fourth-order valence-corrected chi connectivity index (χ4v) is 1.45. The van der Waals surface area contributed by atoms with Crippen molar-refractivity contribution in [3.05, 3.63) is 58.4 Å². The van der Waals surface area contributed by atoms with Crippen LogP contribution in [0.2, 0.25) is 0 Å². The summed E-state index contributed by atoms with van der Waals surface area (Å²) in [4.78, 5) is 24.7. The summed E-state index contributed by atoms with van der Waals surface area (Å²) in [7, 11) is 0. The van der Waals surface area contributed by atoms with Crippen molar-refractivity contribution in [2.75, 3.05) is 0 Å². The van der Waals surface area contributed by atoms with Gasteiger partial charge in [0.25, 0.3) is 5.69 Å². The summed E-state index contributed by atoms with van der Waals surface area (Å²) in [5.41, 5.74) is -0.905. The van der Waals surface area contributed by atoms with Crippen LogP contribution in [-0.4, -0.2) is 21.0 Å². The molecule has 0 unspecified atom stereocenters. The molecule has 1 aromatic carbocycles. The molecule has 0 amide bonds. The molecule has 0 aliphatic heterocycles. The fourth-order valence-electron chi connectivity index (χ4n) is 1.45. The van der Waals surface area contributed by atoms with E-state index in [0.717, 1.165) is 12.1 Å². The molecule has 1 heterocycles. The molecular weight excluding hydrogens is 252 g/mol. The van der Waals surface area contributed by atoms with Crippen molar-refractivity contribution < 1.29 is 19.6 Å². The number of nitro benzene ring substituents is 1. The molecule has 0 spiro atoms. The van der Waals surface area contributed by atoms with Crippen LogP contribution in [0.15, 0.2) is 42.7 Å². The number of benzene rings is 1. The fraction of sp³-hybridized carbons (Fsp3) is 0. The minimum atomic E-state index is -1.39. The quantitative estimate of drug-likeness (QED) is 0.669. The van der Waals surface area contributed by atoms with E-state index in [4.69, 9.17) is 9.84 Å². The third-order valence-electron chi connectivity index (χ3n) is 2.27. The van der Waals surface area contributed by atoms with E-state index in [0.29, 0.717) is 5.75 Å². The first-order valence-corrected chi connectivity index (χ1v) is 5.17. The van der Waals surface area contributed by atoms with Gasteiger partial charge in [-0.15, -0.1) is 0 Å². The maximum absolute atomic E-state index is 11.0. The molecular formula is C12H8N2O5. The Morgan fingerprint density at radius 1 is 1.32 bits per heavy atom. The van der Waals surface area contributed by atoms with Crippen LogP contribution in [0.5, 0.6) is 11.5 Å². The summed E-state index contributed by atoms with van der Waals surface area (Å²) in [6.07, 6.45) is 3.01. The summed E-state index contributed by atoms with van der Waals surface area (Å²) in [5.74, 6) is -0.785. The van der Waals surface area contributed by atoms with Gasteiger partial charge >= 0.3 is 5.97 Å². The smallest absolute Gasteiger partial charge is 0.342 e. The summed E-state index contributed by atoms with van der Waals surface area (Å²) < 4.78 is 5.36. The molecule has 0 atom stereocenters. The topological polar surface area (TPSA) is 103 Å². The van der Waals surface area contributed by atoms with Crippen LogP contribution in [0.1, 0.15) is 10.4 Å². The van der Waals surface area contributed by atoms with Gasteiger partial charge in [0.05, 0.1) is 11.1 Å². The zero-order chi connectivity index (χ0) is 13.8. The average molecular weight is 260 g/mol. The third-order valence-corrected chi connectivity index (χ3v) is 2.27. The SMILES string of the molecule is O=C(O)c1cc(Oc2cccnc2)ccc1[N+](=O)[O-]. The standard InChI is InChI=1S/C12H8N2O5/c15-12(16)10-6-8(3-4-11(10)14(17)18)19-9-2-1-5-13-7-9/h1-7H,(H,15,16). The Balaban J connectivity index is 2.36. The third kappa shape index (κ3) is 2.83. The zero-order valence-corrected chi connectivity index (χ0v) is 9.52. The lowest BCUT2D eigenvalue weighted by Crippen LogP contribution is -2.02. The number of aromatic nitrogens is 1. The Hall–Kier alpha value is -2.96. The van der Waals surface area contributed by atoms with Crippen molar-refractivity contribution in [2.24, 2.45) is 0 Å². The number of hydrogen-bond acceptors (Lipinski definition) is 5. The number of pyridine rings is 1. The molecule has 0 saturated heterocycles. The molecule has 96 valence electrons. The normalized spacial score (nSPS) is 9.89. The maximum Gasteiger partial charge on any atom is 0.342 e. The van der Waals surface area contributed by atoms with Crippen molar-refractivity contribution in [3.63, 3.8) is 0 Å². The first-order valence-electron chi connectivity index (χ1n) is 5.17. The zero-order valence-electron chi connectivity index (χ0n) is 9.52. The molecule has 0 saturated carbocycles. The summed E-state index contributed by atoms with van der Waals surface area (Å²) >= 11 is 0. The lowest BCUT2D eigenvalue weighted by atomic mass is 10.1. The monoisotopic (exact) mass is 260 g/mol. The lowest BCUT2D eigenvalue weighted by molar-refractivity contribution is -0.385. The van der Waals surface area contributed by atoms with Gasteiger partial charge in [0.2, 0.25) is 0 Å². The Labute approximate surface area is 107 Å². The Kier molecular flexibility index (Phi) is 3.37. The Morgan fingerprint density at radius 2 is 2.11 bits per heavy atom. The average Bonchev–Trinajstić information content (AvgIpc) is 2.39. The van der Waals surface area contributed by atoms with Crippen LogP contribution < -0.4 is 4.74 Å². The molecule has 7 nitrogen and oxygen atoms in total. The first kappa shape index (κ1) is 12.5. The molecule has 0 aliphatic carbocycles. The second-order valence-corrected chi connectivity index (χ2v) is 3.53. The van der Waals surface area contributed by atoms with Gasteiger partial charge < -0.3 is 9.84 Å². The van der Waals surface area contributed by atoms with Crippen molar-refractivity contribution in [2.45, 2.75) is 0 Å². The van der Waals surface area contributed by atoms with E-state index in [9.17, 15) is 14.9 Å². The summed E-state index contributed by atoms with van der Waals surface area (Å²) in [5, 5.41) is 19.6. The summed E-state index contributed by atoms with van der Waals surface area (Å²) in [6.45, 7) is 0. The number of ether oxygens (including phenoxy) is 1. The van der Waals surface area contributed by atoms with Crippen LogP contribution in [-0.2, 0) is 0 Å². The Morgan fingerprint density at radius 3 is 2.68 bits per heavy atom. The predicted octanol–water partition coefficient (Wildman–Crippen LogP) is 2.48. The van der Waals surface area contributed by atoms with Crippen molar-refractivity contribution >= 4 is 11.7 Å². The van der Waals surface area contributed by atoms with E-state index in [2.05, 4.69) is 4.98 Å². The number of nitro groups is 1. The van der Waals surface area contributed by atoms with E-state index >= 15 is 0 Å². The van der Waals surface area contributed by atoms with Gasteiger partial charge in [0.1, 0.15) is 17.1 Å². The molecule has 7 heteroatoms. The Bertz CT molecular complexity index is 627. The number of rotatable bonds is 4. The highest BCUT2D eigenvalue weighted by molar-refractivity contribution is 5.92. The van der Waals surface area contributed by atoms with E-state index in [1.807, 2.05) is 0 Å². The number of hydrogen-bond donors (Lipinski definition) is 1. The van der Waals surface area contributed by atoms with Gasteiger partial charge in [0, 0.05) is 18.3 Å². The number of carboxylic acids is 1. The highest BCUT2D eigenvalue weighted by atomic mass is 16.6. The summed E-state index contributed by atoms with van der Waals surface area (Å²) in [6, 6.07) is 6.81. The second-order valence-electron chi connectivity index (χ2n) is 3.53. The van der Waals surface area contributed by atoms with E-state index < -0.39 is 22.1 Å². The van der Waals surface area contributed by atoms with Crippen LogP contribution in [0, 0.1) is 10.1 Å². The van der Waals surface area contributed by atoms with Gasteiger partial charge in [-0.3, -0.25) is 15.1 Å². The van der Waals surface area contributed by atoms with E-state index in [-0.39, 0.29) is 5.75 Å². The molecule has 19 heavy (non-hydrogen) atoms. The van der Waals surface area contributed by atoms with Gasteiger partial charge in [-0.05, 0) is 18.2 Å². The number of carbonyl (C=O) groups is 1. The van der Waals surface area contributed by atoms with Crippen molar-refractivity contribution in [1.82, 2.24) is 4.98 Å². The molecule has 0 aliphatic rings. The lowest BCUT2D eigenvalue weighted by Gasteiger charge is -2.06. The minimum Gasteiger partial charge on any atom is -0.477 e. The van der Waals surface area contributed by atoms with Crippen molar-refractivity contribution in [3.8, 4) is 11.5 Å². The van der Waals surface area contributed by atoms with Crippen LogP contribution >= 0.6 is 0 Å². The molecule has 0 fully saturated rings. The van der Waals surface area contributed by atoms with Gasteiger partial charge in [-0.2, -0.15) is 0 Å². The van der Waals surface area contributed by atoms with E-state index in [1.165, 1.54) is 12.3 Å². The number of carboxylic acid groups (broad SMARTS) is 1. The molecule has 0 bridgehead atoms. The van der Waals surface area contributed by atoms with Crippen LogP contribution in [0.25, 0.3) is 0 Å². The van der Waals surface area contributed by atoms with Gasteiger partial charge in [0.15, 0.2) is 0 Å². The molecule has 0 radical (unpaired) electrons. The maximum atomic E-state index is 11.0. The van der Waals surface area contributed by atoms with Crippen LogP contribution in [0.4, 0.5) is 5.69 Å². The van der Waals surface area contributed by atoms with Crippen molar-refractivity contribution in [1.29, 1.82) is 0 Å². The van der Waals surface area contributed by atoms with E-state index in [1.54, 1.807) is 18.3 Å². The minimum absolute atomic E-state index is 0.191. The van der Waals surface area contributed by atoms with Crippen LogP contribution in [0.3, 0.4) is 0 Å². The highest BCUT2D eigenvalue weighted by Gasteiger charge is 2.20. The molecule has 2 aromatic rings. The molecule has 1 aromatic heterocycles. The van der Waals surface area contributed by atoms with Gasteiger partial charge in [-0.1, -0.05) is 0 Å². The predicted molar refractivity (Wildman–Crippen MR) is 64.4 cm³/mol. The van der Waals surface area contributed by atoms with Gasteiger partial charge in [-0.25, -0.2) is 4.79 Å². The number of nitrogens with zero attached hydrogens (tertiary/aromatic N) is 2. The molecule has 1 N–H and O–H groups in total. The molecule has 2 rings (SSSR count). The second kappa shape index (κ2) is 5.13.